The number of hydrogen-bond acceptors (Lipinski definition) is 4. The summed E-state index contributed by atoms with van der Waals surface area (Å²) in [6.45, 7) is 21.8. The fourth-order valence-corrected chi connectivity index (χ4v) is 10.3. The first-order valence-corrected chi connectivity index (χ1v) is 25.1. The van der Waals surface area contributed by atoms with Crippen molar-refractivity contribution in [3.63, 3.8) is 0 Å². The number of anilines is 4. The fraction of sp³-hybridized carbons (Fsp3) is 0.182. The van der Waals surface area contributed by atoms with Crippen molar-refractivity contribution in [3.8, 4) is 50.7 Å². The molecule has 11 rings (SSSR count). The van der Waals surface area contributed by atoms with Crippen molar-refractivity contribution in [3.05, 3.63) is 222 Å². The summed E-state index contributed by atoms with van der Waals surface area (Å²) in [7, 11) is 0. The molecule has 10 aromatic rings. The maximum atomic E-state index is 15.3. The van der Waals surface area contributed by atoms with Gasteiger partial charge in [-0.1, -0.05) is 150 Å². The fourth-order valence-electron chi connectivity index (χ4n) is 10.3. The molecule has 0 unspecified atom stereocenters. The van der Waals surface area contributed by atoms with E-state index in [4.69, 9.17) is 9.72 Å². The van der Waals surface area contributed by atoms with Crippen LogP contribution in [0, 0.1) is 44.3 Å². The number of pyridine rings is 1. The Hall–Kier alpha value is -7.34. The second-order valence-corrected chi connectivity index (χ2v) is 21.1. The van der Waals surface area contributed by atoms with Gasteiger partial charge in [-0.15, -0.1) is 53.6 Å². The molecule has 0 aliphatic carbocycles. The van der Waals surface area contributed by atoms with E-state index in [-0.39, 0.29) is 38.3 Å². The van der Waals surface area contributed by atoms with E-state index in [1.165, 1.54) is 28.8 Å². The monoisotopic (exact) mass is 1150 g/mol. The molecular formula is C66H57F2N4OPt-3. The third-order valence-electron chi connectivity index (χ3n) is 14.0. The molecule has 0 fully saturated rings. The topological polar surface area (TPSA) is 33.5 Å². The maximum absolute atomic E-state index is 15.3. The number of ether oxygens (including phenoxy) is 1. The van der Waals surface area contributed by atoms with Gasteiger partial charge < -0.3 is 19.1 Å². The zero-order chi connectivity index (χ0) is 50.9. The molecule has 0 bridgehead atoms. The number of benzene rings is 8. The second kappa shape index (κ2) is 19.8. The first kappa shape index (κ1) is 50.2. The molecule has 0 radical (unpaired) electrons. The molecule has 0 saturated carbocycles. The van der Waals surface area contributed by atoms with Crippen molar-refractivity contribution < 1.29 is 34.6 Å². The van der Waals surface area contributed by atoms with Crippen LogP contribution >= 0.6 is 0 Å². The Bertz CT molecular complexity index is 3710. The average Bonchev–Trinajstić information content (AvgIpc) is 3.92. The normalized spacial score (nSPS) is 12.6. The summed E-state index contributed by atoms with van der Waals surface area (Å²) in [6, 6.07) is 59.6. The Balaban J connectivity index is 0.00000626. The van der Waals surface area contributed by atoms with Crippen LogP contribution in [0.25, 0.3) is 61.0 Å². The summed E-state index contributed by atoms with van der Waals surface area (Å²) in [5, 5.41) is 2.14. The Morgan fingerprint density at radius 2 is 1.19 bits per heavy atom. The molecule has 74 heavy (non-hydrogen) atoms. The van der Waals surface area contributed by atoms with Crippen LogP contribution in [-0.2, 0) is 26.5 Å². The number of halogens is 2. The van der Waals surface area contributed by atoms with E-state index in [2.05, 4.69) is 199 Å². The third kappa shape index (κ3) is 9.55. The zero-order valence-corrected chi connectivity index (χ0v) is 45.4. The molecule has 1 aliphatic heterocycles. The summed E-state index contributed by atoms with van der Waals surface area (Å²) < 4.78 is 39.6. The van der Waals surface area contributed by atoms with Gasteiger partial charge in [0.15, 0.2) is 0 Å². The van der Waals surface area contributed by atoms with Gasteiger partial charge in [0.25, 0.3) is 0 Å². The molecule has 3 heterocycles. The number of rotatable bonds is 10. The van der Waals surface area contributed by atoms with E-state index in [0.717, 1.165) is 89.8 Å². The molecule has 0 spiro atoms. The van der Waals surface area contributed by atoms with Gasteiger partial charge in [-0.2, -0.15) is 6.07 Å². The minimum atomic E-state index is -0.641. The van der Waals surface area contributed by atoms with Gasteiger partial charge in [0.05, 0.1) is 0 Å². The molecule has 8 heteroatoms. The first-order valence-electron chi connectivity index (χ1n) is 25.1. The second-order valence-electron chi connectivity index (χ2n) is 21.1. The molecule has 0 atom stereocenters. The molecule has 0 N–H and O–H groups in total. The maximum Gasteiger partial charge on any atom is 0.135 e. The number of hydrogen-bond donors (Lipinski definition) is 0. The summed E-state index contributed by atoms with van der Waals surface area (Å²) in [5.74, 6) is 1.12. The number of fused-ring (bicyclic) bond motifs is 4. The Kier molecular flexibility index (Phi) is 13.5. The van der Waals surface area contributed by atoms with Crippen molar-refractivity contribution in [2.24, 2.45) is 0 Å². The molecule has 5 nitrogen and oxygen atoms in total. The molecule has 1 aliphatic rings. The molecule has 374 valence electrons. The van der Waals surface area contributed by atoms with E-state index in [9.17, 15) is 0 Å². The summed E-state index contributed by atoms with van der Waals surface area (Å²) in [4.78, 5) is 9.18. The number of aromatic nitrogens is 2. The average molecular weight is 1160 g/mol. The van der Waals surface area contributed by atoms with Crippen LogP contribution < -0.4 is 14.5 Å². The zero-order valence-electron chi connectivity index (χ0n) is 43.1. The van der Waals surface area contributed by atoms with Crippen LogP contribution in [0.4, 0.5) is 31.5 Å². The van der Waals surface area contributed by atoms with E-state index in [1.54, 1.807) is 0 Å². The summed E-state index contributed by atoms with van der Waals surface area (Å²) in [5.41, 5.74) is 16.1. The quantitative estimate of drug-likeness (QED) is 0.128. The predicted molar refractivity (Wildman–Crippen MR) is 297 cm³/mol. The largest absolute Gasteiger partial charge is 0.509 e. The number of para-hydroxylation sites is 4. The SMILES string of the molecule is Cc1cc(C)cc(-c2cc(Oc3[c-]c4c(cc3)c3ccccc3n4-c3cc(C(C)(C)C)ccn3)[c-]c(N3[CH-]N(c4c(-c5cc(F)cc(F)c5)cccc4-c4cc(C(C)C)cc(C(C)C)c4)c4ccccc43)c2)c1.[Pt]. The van der Waals surface area contributed by atoms with Gasteiger partial charge in [0.2, 0.25) is 0 Å². The van der Waals surface area contributed by atoms with E-state index in [0.29, 0.717) is 22.6 Å². The standard InChI is InChI=1S/C66H57F2N4O.Pt/c1-40(2)44-28-45(41(3)4)30-48(29-44)56-16-14-17-57(49-31-51(67)36-52(68)32-49)65(56)71-39-70(61-19-12-13-20-62(61)71)53-33-47(46-26-42(5)25-43(6)27-46)34-55(37-53)73-54-21-22-59-58-15-10-11-18-60(58)72(63(59)38-54)64-35-50(23-24-69-64)66(7,8)9;/h10-36,39-41H,1-9H3;/q-3;. The van der Waals surface area contributed by atoms with Crippen LogP contribution in [0.5, 0.6) is 11.5 Å². The van der Waals surface area contributed by atoms with Crippen molar-refractivity contribution in [2.45, 2.75) is 79.6 Å². The summed E-state index contributed by atoms with van der Waals surface area (Å²) >= 11 is 0. The van der Waals surface area contributed by atoms with Gasteiger partial charge in [-0.05, 0) is 112 Å². The van der Waals surface area contributed by atoms with Gasteiger partial charge >= 0.3 is 0 Å². The molecule has 2 aromatic heterocycles. The van der Waals surface area contributed by atoms with Crippen LogP contribution in [0.3, 0.4) is 0 Å². The first-order chi connectivity index (χ1) is 35.1. The smallest absolute Gasteiger partial charge is 0.135 e. The van der Waals surface area contributed by atoms with Crippen LogP contribution in [0.15, 0.2) is 164 Å². The van der Waals surface area contributed by atoms with E-state index < -0.39 is 11.6 Å². The van der Waals surface area contributed by atoms with Crippen LogP contribution in [0.2, 0.25) is 0 Å². The van der Waals surface area contributed by atoms with Crippen LogP contribution in [0.1, 0.15) is 88.1 Å². The van der Waals surface area contributed by atoms with Crippen molar-refractivity contribution >= 4 is 44.6 Å². The summed E-state index contributed by atoms with van der Waals surface area (Å²) in [6.07, 6.45) is 1.88. The molecule has 0 saturated heterocycles. The van der Waals surface area contributed by atoms with Crippen LogP contribution in [-0.4, -0.2) is 9.55 Å². The number of aryl methyl sites for hydroxylation is 2. The third-order valence-corrected chi connectivity index (χ3v) is 14.0. The van der Waals surface area contributed by atoms with E-state index in [1.807, 2.05) is 42.6 Å². The Morgan fingerprint density at radius 1 is 0.568 bits per heavy atom. The number of nitrogens with zero attached hydrogens (tertiary/aromatic N) is 4. The Labute approximate surface area is 448 Å². The van der Waals surface area contributed by atoms with Gasteiger partial charge in [0, 0.05) is 78.5 Å². The predicted octanol–water partition coefficient (Wildman–Crippen LogP) is 18.4. The minimum absolute atomic E-state index is 0. The van der Waals surface area contributed by atoms with Gasteiger partial charge in [-0.3, -0.25) is 0 Å². The Morgan fingerprint density at radius 3 is 1.85 bits per heavy atom. The molecular weight excluding hydrogens is 1100 g/mol. The van der Waals surface area contributed by atoms with Crippen molar-refractivity contribution in [1.82, 2.24) is 9.55 Å². The van der Waals surface area contributed by atoms with Gasteiger partial charge in [0.1, 0.15) is 17.5 Å². The minimum Gasteiger partial charge on any atom is -0.509 e. The van der Waals surface area contributed by atoms with Gasteiger partial charge in [-0.25, -0.2) is 13.8 Å². The van der Waals surface area contributed by atoms with Crippen molar-refractivity contribution in [2.75, 3.05) is 9.80 Å². The van der Waals surface area contributed by atoms with E-state index >= 15 is 8.78 Å². The molecule has 0 amide bonds. The van der Waals surface area contributed by atoms with Crippen molar-refractivity contribution in [1.29, 1.82) is 0 Å². The molecule has 8 aromatic carbocycles.